The van der Waals surface area contributed by atoms with E-state index in [4.69, 9.17) is 4.74 Å². The molecule has 7 heteroatoms. The average Bonchev–Trinajstić information content (AvgIpc) is 2.69. The van der Waals surface area contributed by atoms with Crippen LogP contribution in [0.2, 0.25) is 0 Å². The van der Waals surface area contributed by atoms with E-state index in [1.54, 1.807) is 13.3 Å². The number of ether oxygens (including phenoxy) is 1. The van der Waals surface area contributed by atoms with Crippen molar-refractivity contribution >= 4 is 29.9 Å². The van der Waals surface area contributed by atoms with Crippen molar-refractivity contribution in [1.29, 1.82) is 0 Å². The summed E-state index contributed by atoms with van der Waals surface area (Å²) in [6, 6.07) is 11.9. The van der Waals surface area contributed by atoms with Gasteiger partial charge in [-0.3, -0.25) is 0 Å². The Morgan fingerprint density at radius 3 is 2.45 bits per heavy atom. The summed E-state index contributed by atoms with van der Waals surface area (Å²) in [6.07, 6.45) is 1.09. The first kappa shape index (κ1) is 25.2. The van der Waals surface area contributed by atoms with Crippen molar-refractivity contribution in [1.82, 2.24) is 15.6 Å². The summed E-state index contributed by atoms with van der Waals surface area (Å²) in [6.45, 7) is 10.1. The highest BCUT2D eigenvalue weighted by molar-refractivity contribution is 14.0. The predicted octanol–water partition coefficient (Wildman–Crippen LogP) is 3.79. The van der Waals surface area contributed by atoms with Gasteiger partial charge < -0.3 is 20.5 Å². The lowest BCUT2D eigenvalue weighted by molar-refractivity contribution is 0.181. The summed E-state index contributed by atoms with van der Waals surface area (Å²) in [5.41, 5.74) is 3.24. The molecule has 160 valence electrons. The second kappa shape index (κ2) is 12.0. The van der Waals surface area contributed by atoms with Crippen LogP contribution in [0.5, 0.6) is 5.88 Å². The van der Waals surface area contributed by atoms with Crippen LogP contribution in [0.15, 0.2) is 47.6 Å². The highest BCUT2D eigenvalue weighted by atomic mass is 127. The number of nitrogens with one attached hydrogen (secondary N) is 2. The van der Waals surface area contributed by atoms with E-state index < -0.39 is 6.10 Å². The molecule has 1 unspecified atom stereocenters. The zero-order valence-electron chi connectivity index (χ0n) is 17.9. The van der Waals surface area contributed by atoms with Gasteiger partial charge in [0.05, 0.1) is 19.8 Å². The smallest absolute Gasteiger partial charge is 0.213 e. The fraction of sp³-hybridized carbons (Fsp3) is 0.455. The molecule has 29 heavy (non-hydrogen) atoms. The summed E-state index contributed by atoms with van der Waals surface area (Å²) >= 11 is 0. The second-order valence-corrected chi connectivity index (χ2v) is 7.67. The minimum atomic E-state index is -0.612. The van der Waals surface area contributed by atoms with Crippen LogP contribution in [-0.2, 0) is 12.0 Å². The van der Waals surface area contributed by atoms with Gasteiger partial charge in [-0.2, -0.15) is 0 Å². The van der Waals surface area contributed by atoms with Gasteiger partial charge in [0, 0.05) is 25.4 Å². The van der Waals surface area contributed by atoms with Crippen molar-refractivity contribution in [2.75, 3.05) is 20.2 Å². The standard InChI is InChI=1S/C22H32N4O2.HI/c1-6-23-21(25-14-16-11-12-24-20(13-16)28-5)26-15-19(27)17-7-9-18(10-8-17)22(2,3)4;/h7-13,19,27H,6,14-15H2,1-5H3,(H2,23,25,26);1H. The van der Waals surface area contributed by atoms with Crippen LogP contribution in [0.1, 0.15) is 50.5 Å². The van der Waals surface area contributed by atoms with Crippen LogP contribution in [-0.4, -0.2) is 36.2 Å². The Bertz CT molecular complexity index is 773. The molecule has 0 bridgehead atoms. The van der Waals surface area contributed by atoms with Crippen molar-refractivity contribution < 1.29 is 9.84 Å². The Morgan fingerprint density at radius 2 is 1.86 bits per heavy atom. The first-order valence-corrected chi connectivity index (χ1v) is 9.63. The van der Waals surface area contributed by atoms with Crippen molar-refractivity contribution in [3.8, 4) is 5.88 Å². The molecule has 1 aromatic heterocycles. The molecule has 1 atom stereocenters. The second-order valence-electron chi connectivity index (χ2n) is 7.67. The zero-order chi connectivity index (χ0) is 20.6. The normalized spacial score (nSPS) is 12.7. The van der Waals surface area contributed by atoms with Crippen LogP contribution in [0, 0.1) is 0 Å². The lowest BCUT2D eigenvalue weighted by atomic mass is 9.86. The average molecular weight is 512 g/mol. The first-order valence-electron chi connectivity index (χ1n) is 9.63. The topological polar surface area (TPSA) is 78.8 Å². The molecule has 0 aliphatic carbocycles. The Morgan fingerprint density at radius 1 is 1.17 bits per heavy atom. The summed E-state index contributed by atoms with van der Waals surface area (Å²) in [5.74, 6) is 1.23. The number of benzene rings is 1. The molecule has 0 aliphatic rings. The minimum absolute atomic E-state index is 0. The number of pyridine rings is 1. The maximum Gasteiger partial charge on any atom is 0.213 e. The molecule has 0 radical (unpaired) electrons. The highest BCUT2D eigenvalue weighted by Gasteiger charge is 2.14. The lowest BCUT2D eigenvalue weighted by Crippen LogP contribution is -2.39. The Labute approximate surface area is 191 Å². The van der Waals surface area contributed by atoms with Crippen LogP contribution in [0.3, 0.4) is 0 Å². The number of hydrogen-bond donors (Lipinski definition) is 3. The summed E-state index contributed by atoms with van der Waals surface area (Å²) < 4.78 is 5.14. The van der Waals surface area contributed by atoms with Gasteiger partial charge in [-0.15, -0.1) is 24.0 Å². The van der Waals surface area contributed by atoms with Crippen LogP contribution in [0.4, 0.5) is 0 Å². The molecule has 1 aromatic carbocycles. The zero-order valence-corrected chi connectivity index (χ0v) is 20.2. The number of nitrogens with zero attached hydrogens (tertiary/aromatic N) is 2. The molecule has 2 rings (SSSR count). The van der Waals surface area contributed by atoms with Gasteiger partial charge in [-0.1, -0.05) is 45.0 Å². The Kier molecular flexibility index (Phi) is 10.4. The monoisotopic (exact) mass is 512 g/mol. The van der Waals surface area contributed by atoms with E-state index in [0.717, 1.165) is 17.7 Å². The predicted molar refractivity (Wildman–Crippen MR) is 129 cm³/mol. The third-order valence-electron chi connectivity index (χ3n) is 4.40. The number of aliphatic hydroxyl groups is 1. The fourth-order valence-corrected chi connectivity index (χ4v) is 2.69. The SMILES string of the molecule is CCNC(=NCc1ccnc(OC)c1)NCC(O)c1ccc(C(C)(C)C)cc1.I. The number of aromatic nitrogens is 1. The number of guanidine groups is 1. The highest BCUT2D eigenvalue weighted by Crippen LogP contribution is 2.23. The van der Waals surface area contributed by atoms with Crippen molar-refractivity contribution in [2.24, 2.45) is 4.99 Å². The Hall–Kier alpha value is -1.87. The number of aliphatic hydroxyl groups excluding tert-OH is 1. The van der Waals surface area contributed by atoms with Crippen molar-refractivity contribution in [3.63, 3.8) is 0 Å². The fourth-order valence-electron chi connectivity index (χ4n) is 2.69. The summed E-state index contributed by atoms with van der Waals surface area (Å²) in [5, 5.41) is 16.9. The number of aliphatic imine (C=N–C) groups is 1. The quantitative estimate of drug-likeness (QED) is 0.299. The van der Waals surface area contributed by atoms with E-state index in [2.05, 4.69) is 53.5 Å². The molecule has 6 nitrogen and oxygen atoms in total. The Balaban J connectivity index is 0.00000420. The number of methoxy groups -OCH3 is 1. The molecule has 3 N–H and O–H groups in total. The number of hydrogen-bond acceptors (Lipinski definition) is 4. The van der Waals surface area contributed by atoms with Crippen LogP contribution < -0.4 is 15.4 Å². The van der Waals surface area contributed by atoms with Gasteiger partial charge in [0.25, 0.3) is 0 Å². The van der Waals surface area contributed by atoms with Crippen molar-refractivity contribution in [2.45, 2.75) is 45.8 Å². The van der Waals surface area contributed by atoms with E-state index in [1.807, 2.05) is 31.2 Å². The molecular weight excluding hydrogens is 479 g/mol. The third kappa shape index (κ3) is 8.18. The van der Waals surface area contributed by atoms with Gasteiger partial charge in [-0.25, -0.2) is 9.98 Å². The largest absolute Gasteiger partial charge is 0.481 e. The molecular formula is C22H33IN4O2. The molecule has 0 spiro atoms. The third-order valence-corrected chi connectivity index (χ3v) is 4.40. The van der Waals surface area contributed by atoms with Crippen molar-refractivity contribution in [3.05, 3.63) is 59.3 Å². The number of rotatable bonds is 7. The molecule has 1 heterocycles. The van der Waals surface area contributed by atoms with E-state index >= 15 is 0 Å². The van der Waals surface area contributed by atoms with Gasteiger partial charge in [-0.05, 0) is 35.1 Å². The van der Waals surface area contributed by atoms with Gasteiger partial charge >= 0.3 is 0 Å². The number of halogens is 1. The molecule has 0 saturated heterocycles. The maximum atomic E-state index is 10.5. The molecule has 0 fully saturated rings. The molecule has 2 aromatic rings. The molecule has 0 saturated carbocycles. The first-order chi connectivity index (χ1) is 13.3. The summed E-state index contributed by atoms with van der Waals surface area (Å²) in [7, 11) is 1.59. The van der Waals surface area contributed by atoms with E-state index in [-0.39, 0.29) is 29.4 Å². The van der Waals surface area contributed by atoms with Crippen LogP contribution in [0.25, 0.3) is 0 Å². The van der Waals surface area contributed by atoms with Gasteiger partial charge in [0.1, 0.15) is 0 Å². The van der Waals surface area contributed by atoms with Crippen LogP contribution >= 0.6 is 24.0 Å². The van der Waals surface area contributed by atoms with Gasteiger partial charge in [0.15, 0.2) is 5.96 Å². The van der Waals surface area contributed by atoms with E-state index in [9.17, 15) is 5.11 Å². The van der Waals surface area contributed by atoms with E-state index in [0.29, 0.717) is 24.9 Å². The molecule has 0 amide bonds. The molecule has 0 aliphatic heterocycles. The maximum absolute atomic E-state index is 10.5. The van der Waals surface area contributed by atoms with E-state index in [1.165, 1.54) is 5.56 Å². The van der Waals surface area contributed by atoms with Gasteiger partial charge in [0.2, 0.25) is 5.88 Å². The minimum Gasteiger partial charge on any atom is -0.481 e. The summed E-state index contributed by atoms with van der Waals surface area (Å²) in [4.78, 5) is 8.67. The lowest BCUT2D eigenvalue weighted by Gasteiger charge is -2.20.